The van der Waals surface area contributed by atoms with Gasteiger partial charge in [0.05, 0.1) is 0 Å². The number of fused-ring (bicyclic) bond motifs is 3. The van der Waals surface area contributed by atoms with Crippen LogP contribution in [-0.4, -0.2) is 3.21 Å². The van der Waals surface area contributed by atoms with Crippen LogP contribution in [0.1, 0.15) is 89.7 Å². The molecule has 0 fully saturated rings. The molecule has 0 unspecified atom stereocenters. The Balaban J connectivity index is 1.81. The molecule has 0 nitrogen and oxygen atoms in total. The summed E-state index contributed by atoms with van der Waals surface area (Å²) in [5, 5.41) is 0. The summed E-state index contributed by atoms with van der Waals surface area (Å²) in [6, 6.07) is 31.8. The van der Waals surface area contributed by atoms with Crippen LogP contribution in [-0.2, 0) is 26.7 Å². The van der Waals surface area contributed by atoms with Crippen molar-refractivity contribution >= 4 is 20.2 Å². The van der Waals surface area contributed by atoms with E-state index in [1.807, 2.05) is 0 Å². The molecule has 0 spiro atoms. The van der Waals surface area contributed by atoms with E-state index < -0.39 is 15.9 Å². The number of hydrogen-bond donors (Lipinski definition) is 0. The van der Waals surface area contributed by atoms with Crippen LogP contribution >= 0.6 is 17.0 Å². The van der Waals surface area contributed by atoms with E-state index in [0.717, 1.165) is 14.3 Å². The minimum absolute atomic E-state index is 0.0207. The van der Waals surface area contributed by atoms with E-state index in [9.17, 15) is 0 Å². The summed E-state index contributed by atoms with van der Waals surface area (Å²) >= 11 is -5.32. The summed E-state index contributed by atoms with van der Waals surface area (Å²) in [7, 11) is 17.3. The second-order valence-electron chi connectivity index (χ2n) is 15.1. The fraction of sp³-hybridized carbons (Fsp3) is 0.293. The van der Waals surface area contributed by atoms with Crippen molar-refractivity contribution in [1.82, 2.24) is 0 Å². The van der Waals surface area contributed by atoms with E-state index >= 15 is 0 Å². The van der Waals surface area contributed by atoms with Crippen LogP contribution < -0.4 is 0 Å². The van der Waals surface area contributed by atoms with E-state index in [1.54, 1.807) is 0 Å². The van der Waals surface area contributed by atoms with Gasteiger partial charge in [0.1, 0.15) is 0 Å². The molecule has 0 aromatic heterocycles. The molecule has 4 aromatic rings. The Morgan fingerprint density at radius 1 is 0.568 bits per heavy atom. The van der Waals surface area contributed by atoms with Gasteiger partial charge in [-0.1, -0.05) is 0 Å². The summed E-state index contributed by atoms with van der Waals surface area (Å²) in [4.78, 5) is 0. The number of hydrogen-bond acceptors (Lipinski definition) is 0. The summed E-state index contributed by atoms with van der Waals surface area (Å²) in [6.07, 6.45) is 8.79. The van der Waals surface area contributed by atoms with E-state index in [0.29, 0.717) is 0 Å². The second-order valence-corrected chi connectivity index (χ2v) is 35.8. The van der Waals surface area contributed by atoms with Crippen LogP contribution in [0.15, 0.2) is 109 Å². The zero-order chi connectivity index (χ0) is 31.7. The predicted octanol–water partition coefficient (Wildman–Crippen LogP) is 12.1. The van der Waals surface area contributed by atoms with Gasteiger partial charge in [0.25, 0.3) is 0 Å². The molecule has 0 bridgehead atoms. The fourth-order valence-electron chi connectivity index (χ4n) is 7.20. The first kappa shape index (κ1) is 31.7. The molecule has 0 heterocycles. The van der Waals surface area contributed by atoms with Crippen LogP contribution in [0.25, 0.3) is 11.1 Å². The molecule has 0 saturated carbocycles. The van der Waals surface area contributed by atoms with Gasteiger partial charge in [-0.3, -0.25) is 0 Å². The van der Waals surface area contributed by atoms with Crippen LogP contribution in [0.5, 0.6) is 0 Å². The zero-order valence-electron chi connectivity index (χ0n) is 27.3. The van der Waals surface area contributed by atoms with E-state index in [-0.39, 0.29) is 18.1 Å². The van der Waals surface area contributed by atoms with Crippen LogP contribution in [0.2, 0.25) is 3.63 Å². The van der Waals surface area contributed by atoms with Crippen LogP contribution in [0.3, 0.4) is 0 Å². The Kier molecular flexibility index (Phi) is 7.84. The van der Waals surface area contributed by atoms with Gasteiger partial charge >= 0.3 is 274 Å². The number of rotatable bonds is 4. The van der Waals surface area contributed by atoms with E-state index in [1.165, 1.54) is 44.5 Å². The topological polar surface area (TPSA) is 0 Å². The molecule has 0 aliphatic heterocycles. The number of allylic oxidation sites excluding steroid dienone is 4. The summed E-state index contributed by atoms with van der Waals surface area (Å²) < 4.78 is 0.952. The zero-order valence-corrected chi connectivity index (χ0v) is 31.3. The second kappa shape index (κ2) is 10.9. The number of aryl methyl sites for hydroxylation is 2. The Morgan fingerprint density at radius 2 is 0.955 bits per heavy atom. The summed E-state index contributed by atoms with van der Waals surface area (Å²) in [6.45, 7) is 18.0. The van der Waals surface area contributed by atoms with Gasteiger partial charge in [0.15, 0.2) is 0 Å². The first-order valence-corrected chi connectivity index (χ1v) is 26.2. The normalized spacial score (nSPS) is 15.5. The van der Waals surface area contributed by atoms with Gasteiger partial charge in [-0.15, -0.1) is 0 Å². The predicted molar refractivity (Wildman–Crippen MR) is 190 cm³/mol. The van der Waals surface area contributed by atoms with Crippen LogP contribution in [0.4, 0.5) is 0 Å². The van der Waals surface area contributed by atoms with E-state index in [4.69, 9.17) is 17.0 Å². The Hall–Kier alpha value is -2.31. The average molecular weight is 699 g/mol. The van der Waals surface area contributed by atoms with Gasteiger partial charge < -0.3 is 0 Å². The van der Waals surface area contributed by atoms with Gasteiger partial charge in [-0.25, -0.2) is 0 Å². The van der Waals surface area contributed by atoms with Crippen molar-refractivity contribution in [3.63, 3.8) is 0 Å². The van der Waals surface area contributed by atoms with Crippen molar-refractivity contribution < 1.29 is 15.9 Å². The molecule has 0 radical (unpaired) electrons. The van der Waals surface area contributed by atoms with Gasteiger partial charge in [0, 0.05) is 0 Å². The number of halogens is 2. The van der Waals surface area contributed by atoms with Gasteiger partial charge in [0.2, 0.25) is 0 Å². The monoisotopic (exact) mass is 696 g/mol. The van der Waals surface area contributed by atoms with E-state index in [2.05, 4.69) is 165 Å². The van der Waals surface area contributed by atoms with Crippen molar-refractivity contribution in [2.24, 2.45) is 0 Å². The van der Waals surface area contributed by atoms with Crippen molar-refractivity contribution in [3.05, 3.63) is 154 Å². The van der Waals surface area contributed by atoms with Crippen molar-refractivity contribution in [2.75, 3.05) is 0 Å². The number of benzene rings is 4. The third-order valence-corrected chi connectivity index (χ3v) is 29.4. The van der Waals surface area contributed by atoms with Crippen molar-refractivity contribution in [3.8, 4) is 11.1 Å². The molecular formula is C41H44Cl2Zr. The maximum absolute atomic E-state index is 8.67. The third-order valence-electron chi connectivity index (χ3n) is 9.80. The average Bonchev–Trinajstić information content (AvgIpc) is 3.62. The molecule has 226 valence electrons. The molecule has 0 atom stereocenters. The maximum atomic E-state index is 8.67. The molecule has 0 saturated heterocycles. The van der Waals surface area contributed by atoms with Gasteiger partial charge in [-0.05, 0) is 0 Å². The Morgan fingerprint density at radius 3 is 1.32 bits per heavy atom. The molecule has 4 aromatic carbocycles. The third kappa shape index (κ3) is 5.22. The van der Waals surface area contributed by atoms with Crippen molar-refractivity contribution in [2.45, 2.75) is 73.5 Å². The first-order valence-electron chi connectivity index (χ1n) is 15.8. The quantitative estimate of drug-likeness (QED) is 0.199. The standard InChI is InChI=1S/C21H25.C15H14.C5H5.2ClH.Zr/c1-20(2,3)16-9-7-14-11-15-8-10-17(21(4,5)6)13-19(15)18(14)12-16;1-12-3-7-14(8-4-12)11-15-9-5-13(2)6-10-15;1-2-4-5-3-1;;;/h7-13H,1-6H3;3-10H,1-2H3;1-5H;2*1H;/q;;;;;+2/p-2. The fourth-order valence-corrected chi connectivity index (χ4v) is 26.6. The molecule has 0 N–H and O–H groups in total. The molecule has 2 aliphatic rings. The molecule has 44 heavy (non-hydrogen) atoms. The van der Waals surface area contributed by atoms with Crippen molar-refractivity contribution in [1.29, 1.82) is 0 Å². The minimum atomic E-state index is -5.32. The Labute approximate surface area is 272 Å². The first-order chi connectivity index (χ1) is 20.6. The van der Waals surface area contributed by atoms with Gasteiger partial charge in [-0.2, -0.15) is 0 Å². The Bertz CT molecular complexity index is 1760. The molecule has 3 heteroatoms. The SMILES string of the molecule is Cc1ccc([C](c2ccc(C)cc2)=[Zr]([Cl])([Cl])([CH]2C=CC=C2)[CH]2c3ccc(C(C)(C)C)cc3-c3cc(C(C)(C)C)ccc32)cc1. The molecule has 2 aliphatic carbocycles. The summed E-state index contributed by atoms with van der Waals surface area (Å²) in [5.74, 6) is 0. The molecule has 0 amide bonds. The van der Waals surface area contributed by atoms with Crippen LogP contribution in [0, 0.1) is 13.8 Å². The summed E-state index contributed by atoms with van der Waals surface area (Å²) in [5.41, 5.74) is 12.5. The molecular weight excluding hydrogens is 655 g/mol. The molecule has 6 rings (SSSR count).